The Hall–Kier alpha value is -0.910. The highest BCUT2D eigenvalue weighted by Gasteiger charge is 2.34. The Morgan fingerprint density at radius 1 is 1.17 bits per heavy atom. The zero-order chi connectivity index (χ0) is 13.1. The predicted molar refractivity (Wildman–Crippen MR) is 70.8 cm³/mol. The van der Waals surface area contributed by atoms with E-state index in [1.807, 2.05) is 28.5 Å². The minimum Gasteiger partial charge on any atom is -0.481 e. The molecule has 0 aromatic carbocycles. The monoisotopic (exact) mass is 272 g/mol. The molecule has 102 valence electrons. The summed E-state index contributed by atoms with van der Waals surface area (Å²) in [5, 5.41) is 9.07. The van der Waals surface area contributed by atoms with E-state index in [1.54, 1.807) is 0 Å². The molecule has 2 aliphatic heterocycles. The predicted octanol–water partition coefficient (Wildman–Crippen LogP) is 1.20. The Morgan fingerprint density at radius 3 is 2.39 bits per heavy atom. The highest BCUT2D eigenvalue weighted by Crippen LogP contribution is 2.24. The molecule has 0 aromatic rings. The third-order valence-corrected chi connectivity index (χ3v) is 4.72. The molecule has 0 aromatic heterocycles. The summed E-state index contributed by atoms with van der Waals surface area (Å²) in [6.07, 6.45) is 0.574. The van der Waals surface area contributed by atoms with Crippen LogP contribution in [0.5, 0.6) is 0 Å². The Labute approximate surface area is 112 Å². The SMILES string of the molecule is CC1CN(C(=O)N2CCSCC2)CCC1C(=O)O. The van der Waals surface area contributed by atoms with E-state index >= 15 is 0 Å². The zero-order valence-corrected chi connectivity index (χ0v) is 11.5. The van der Waals surface area contributed by atoms with Gasteiger partial charge in [-0.25, -0.2) is 4.79 Å². The largest absolute Gasteiger partial charge is 0.481 e. The van der Waals surface area contributed by atoms with Crippen LogP contribution in [0.1, 0.15) is 13.3 Å². The normalized spacial score (nSPS) is 29.2. The van der Waals surface area contributed by atoms with Crippen molar-refractivity contribution < 1.29 is 14.7 Å². The number of aliphatic carboxylic acids is 1. The topological polar surface area (TPSA) is 60.9 Å². The van der Waals surface area contributed by atoms with Crippen LogP contribution in [0.25, 0.3) is 0 Å². The van der Waals surface area contributed by atoms with E-state index in [-0.39, 0.29) is 17.9 Å². The van der Waals surface area contributed by atoms with E-state index in [1.165, 1.54) is 0 Å². The molecule has 2 heterocycles. The van der Waals surface area contributed by atoms with Crippen molar-refractivity contribution in [2.24, 2.45) is 11.8 Å². The van der Waals surface area contributed by atoms with Gasteiger partial charge in [0.25, 0.3) is 0 Å². The van der Waals surface area contributed by atoms with E-state index in [2.05, 4.69) is 0 Å². The fourth-order valence-electron chi connectivity index (χ4n) is 2.64. The summed E-state index contributed by atoms with van der Waals surface area (Å²) >= 11 is 1.88. The molecule has 2 aliphatic rings. The summed E-state index contributed by atoms with van der Waals surface area (Å²) < 4.78 is 0. The van der Waals surface area contributed by atoms with Crippen molar-refractivity contribution >= 4 is 23.8 Å². The molecule has 0 aliphatic carbocycles. The summed E-state index contributed by atoms with van der Waals surface area (Å²) in [5.74, 6) is 1.02. The summed E-state index contributed by atoms with van der Waals surface area (Å²) in [5.41, 5.74) is 0. The second kappa shape index (κ2) is 5.82. The van der Waals surface area contributed by atoms with Crippen LogP contribution in [0.2, 0.25) is 0 Å². The molecular formula is C12H20N2O3S. The molecule has 0 bridgehead atoms. The maximum Gasteiger partial charge on any atom is 0.320 e. The van der Waals surface area contributed by atoms with Crippen molar-refractivity contribution in [1.82, 2.24) is 9.80 Å². The Morgan fingerprint density at radius 2 is 1.83 bits per heavy atom. The summed E-state index contributed by atoms with van der Waals surface area (Å²) in [6, 6.07) is 0.0889. The van der Waals surface area contributed by atoms with Crippen LogP contribution in [0.4, 0.5) is 4.79 Å². The van der Waals surface area contributed by atoms with Crippen LogP contribution >= 0.6 is 11.8 Å². The maximum atomic E-state index is 12.3. The smallest absolute Gasteiger partial charge is 0.320 e. The van der Waals surface area contributed by atoms with E-state index < -0.39 is 5.97 Å². The number of likely N-dealkylation sites (tertiary alicyclic amines) is 1. The maximum absolute atomic E-state index is 12.3. The number of carbonyl (C=O) groups is 2. The van der Waals surface area contributed by atoms with Gasteiger partial charge in [0.15, 0.2) is 0 Å². The van der Waals surface area contributed by atoms with Crippen molar-refractivity contribution in [2.75, 3.05) is 37.7 Å². The highest BCUT2D eigenvalue weighted by molar-refractivity contribution is 7.99. The van der Waals surface area contributed by atoms with Crippen LogP contribution in [0, 0.1) is 11.8 Å². The highest BCUT2D eigenvalue weighted by atomic mass is 32.2. The second-order valence-electron chi connectivity index (χ2n) is 5.04. The van der Waals surface area contributed by atoms with Gasteiger partial charge in [0, 0.05) is 37.7 Å². The molecule has 2 saturated heterocycles. The molecule has 2 unspecified atom stereocenters. The van der Waals surface area contributed by atoms with Gasteiger partial charge in [0.2, 0.25) is 0 Å². The lowest BCUT2D eigenvalue weighted by Crippen LogP contribution is -2.52. The first-order chi connectivity index (χ1) is 8.59. The van der Waals surface area contributed by atoms with Gasteiger partial charge in [-0.05, 0) is 12.3 Å². The number of carbonyl (C=O) groups excluding carboxylic acids is 1. The Kier molecular flexibility index (Phi) is 4.37. The van der Waals surface area contributed by atoms with Gasteiger partial charge in [-0.2, -0.15) is 11.8 Å². The minimum atomic E-state index is -0.732. The summed E-state index contributed by atoms with van der Waals surface area (Å²) in [7, 11) is 0. The number of carboxylic acids is 1. The number of piperidine rings is 1. The number of rotatable bonds is 1. The van der Waals surface area contributed by atoms with Crippen molar-refractivity contribution in [1.29, 1.82) is 0 Å². The first kappa shape index (κ1) is 13.5. The van der Waals surface area contributed by atoms with E-state index in [9.17, 15) is 9.59 Å². The van der Waals surface area contributed by atoms with Crippen LogP contribution < -0.4 is 0 Å². The number of hydrogen-bond acceptors (Lipinski definition) is 3. The van der Waals surface area contributed by atoms with Gasteiger partial charge >= 0.3 is 12.0 Å². The third kappa shape index (κ3) is 2.91. The van der Waals surface area contributed by atoms with Crippen molar-refractivity contribution in [3.8, 4) is 0 Å². The fraction of sp³-hybridized carbons (Fsp3) is 0.833. The number of amides is 2. The van der Waals surface area contributed by atoms with Gasteiger partial charge in [-0.15, -0.1) is 0 Å². The van der Waals surface area contributed by atoms with Gasteiger partial charge in [0.1, 0.15) is 0 Å². The average molecular weight is 272 g/mol. The number of urea groups is 1. The van der Waals surface area contributed by atoms with Crippen molar-refractivity contribution in [3.05, 3.63) is 0 Å². The molecule has 18 heavy (non-hydrogen) atoms. The molecule has 1 N–H and O–H groups in total. The molecule has 2 fully saturated rings. The van der Waals surface area contributed by atoms with Gasteiger partial charge in [0.05, 0.1) is 5.92 Å². The fourth-order valence-corrected chi connectivity index (χ4v) is 3.54. The number of hydrogen-bond donors (Lipinski definition) is 1. The molecule has 2 amide bonds. The lowest BCUT2D eigenvalue weighted by molar-refractivity contribution is -0.145. The molecule has 5 nitrogen and oxygen atoms in total. The lowest BCUT2D eigenvalue weighted by Gasteiger charge is -2.38. The summed E-state index contributed by atoms with van der Waals surface area (Å²) in [6.45, 7) is 4.70. The van der Waals surface area contributed by atoms with Gasteiger partial charge < -0.3 is 14.9 Å². The van der Waals surface area contributed by atoms with Crippen LogP contribution in [-0.2, 0) is 4.79 Å². The molecule has 0 radical (unpaired) electrons. The molecular weight excluding hydrogens is 252 g/mol. The number of nitrogens with zero attached hydrogens (tertiary/aromatic N) is 2. The van der Waals surface area contributed by atoms with E-state index in [0.717, 1.165) is 24.6 Å². The Balaban J connectivity index is 1.91. The lowest BCUT2D eigenvalue weighted by atomic mass is 9.87. The summed E-state index contributed by atoms with van der Waals surface area (Å²) in [4.78, 5) is 27.0. The molecule has 2 atom stereocenters. The Bertz CT molecular complexity index is 331. The van der Waals surface area contributed by atoms with Crippen molar-refractivity contribution in [3.63, 3.8) is 0 Å². The van der Waals surface area contributed by atoms with Gasteiger partial charge in [-0.3, -0.25) is 4.79 Å². The van der Waals surface area contributed by atoms with Crippen LogP contribution in [-0.4, -0.2) is 64.6 Å². The molecule has 2 rings (SSSR count). The quantitative estimate of drug-likeness (QED) is 0.779. The van der Waals surface area contributed by atoms with Crippen LogP contribution in [0.15, 0.2) is 0 Å². The average Bonchev–Trinajstić information content (AvgIpc) is 2.38. The standard InChI is InChI=1S/C12H20N2O3S/c1-9-8-14(3-2-10(9)11(15)16)12(17)13-4-6-18-7-5-13/h9-10H,2-8H2,1H3,(H,15,16). The van der Waals surface area contributed by atoms with Crippen molar-refractivity contribution in [2.45, 2.75) is 13.3 Å². The number of thioether (sulfide) groups is 1. The first-order valence-corrected chi connectivity index (χ1v) is 7.59. The zero-order valence-electron chi connectivity index (χ0n) is 10.7. The first-order valence-electron chi connectivity index (χ1n) is 6.44. The van der Waals surface area contributed by atoms with Crippen LogP contribution in [0.3, 0.4) is 0 Å². The number of carboxylic acid groups (broad SMARTS) is 1. The third-order valence-electron chi connectivity index (χ3n) is 3.77. The molecule has 0 saturated carbocycles. The van der Waals surface area contributed by atoms with Gasteiger partial charge in [-0.1, -0.05) is 6.92 Å². The van der Waals surface area contributed by atoms with E-state index in [4.69, 9.17) is 5.11 Å². The van der Waals surface area contributed by atoms with E-state index in [0.29, 0.717) is 19.5 Å². The second-order valence-corrected chi connectivity index (χ2v) is 6.26. The molecule has 6 heteroatoms. The molecule has 0 spiro atoms. The minimum absolute atomic E-state index is 0.0411.